The number of aromatic nitrogens is 2. The van der Waals surface area contributed by atoms with Gasteiger partial charge in [-0.05, 0) is 76.3 Å². The van der Waals surface area contributed by atoms with Gasteiger partial charge in [-0.3, -0.25) is 19.1 Å². The highest BCUT2D eigenvalue weighted by Gasteiger charge is 2.62. The van der Waals surface area contributed by atoms with Gasteiger partial charge >= 0.3 is 0 Å². The van der Waals surface area contributed by atoms with Crippen LogP contribution in [0.1, 0.15) is 82.4 Å². The minimum absolute atomic E-state index is 0.147. The molecule has 0 spiro atoms. The number of sulfonamides is 1. The molecule has 5 atom stereocenters. The van der Waals surface area contributed by atoms with Gasteiger partial charge in [-0.15, -0.1) is 11.3 Å². The van der Waals surface area contributed by atoms with Gasteiger partial charge in [-0.25, -0.2) is 18.4 Å². The van der Waals surface area contributed by atoms with E-state index in [1.165, 1.54) is 11.3 Å². The molecule has 2 N–H and O–H groups in total. The zero-order valence-electron chi connectivity index (χ0n) is 30.3. The number of benzene rings is 1. The van der Waals surface area contributed by atoms with Gasteiger partial charge in [0.05, 0.1) is 35.4 Å². The van der Waals surface area contributed by atoms with Crippen LogP contribution in [-0.2, 0) is 24.4 Å². The molecule has 3 heterocycles. The molecule has 0 unspecified atom stereocenters. The number of pyridine rings is 1. The lowest BCUT2D eigenvalue weighted by Crippen LogP contribution is -2.54. The third kappa shape index (κ3) is 7.03. The number of methoxy groups -OCH3 is 1. The van der Waals surface area contributed by atoms with Crippen molar-refractivity contribution in [1.29, 1.82) is 0 Å². The van der Waals surface area contributed by atoms with Crippen molar-refractivity contribution in [2.45, 2.75) is 94.9 Å². The number of nitrogens with zero attached hydrogens (tertiary/aromatic N) is 3. The molecule has 12 nitrogen and oxygen atoms in total. The smallest absolute Gasteiger partial charge is 0.259 e. The molecular formula is C38H47N5O7S2. The van der Waals surface area contributed by atoms with Crippen molar-refractivity contribution in [2.24, 2.45) is 17.8 Å². The summed E-state index contributed by atoms with van der Waals surface area (Å²) < 4.78 is 40.2. The predicted octanol–water partition coefficient (Wildman–Crippen LogP) is 5.25. The van der Waals surface area contributed by atoms with Gasteiger partial charge in [0.25, 0.3) is 5.91 Å². The molecule has 3 aromatic rings. The lowest BCUT2D eigenvalue weighted by Gasteiger charge is -2.26. The Labute approximate surface area is 308 Å². The number of ether oxygens (including phenoxy) is 2. The minimum atomic E-state index is -3.83. The Balaban J connectivity index is 1.21. The summed E-state index contributed by atoms with van der Waals surface area (Å²) in [6.45, 7) is 6.69. The molecule has 0 saturated heterocycles. The van der Waals surface area contributed by atoms with E-state index in [-0.39, 0.29) is 30.6 Å². The maximum absolute atomic E-state index is 14.3. The van der Waals surface area contributed by atoms with Crippen LogP contribution in [0.25, 0.3) is 21.6 Å². The number of carbonyl (C=O) groups is 3. The molecule has 1 aromatic carbocycles. The first-order valence-electron chi connectivity index (χ1n) is 18.2. The molecule has 52 heavy (non-hydrogen) atoms. The fourth-order valence-corrected chi connectivity index (χ4v) is 9.85. The van der Waals surface area contributed by atoms with Crippen LogP contribution < -0.4 is 19.5 Å². The van der Waals surface area contributed by atoms with Gasteiger partial charge in [0.1, 0.15) is 33.8 Å². The Kier molecular flexibility index (Phi) is 9.83. The van der Waals surface area contributed by atoms with E-state index in [0.717, 1.165) is 40.9 Å². The Morgan fingerprint density at radius 3 is 2.60 bits per heavy atom. The molecule has 0 bridgehead atoms. The Hall–Kier alpha value is -4.04. The Bertz CT molecular complexity index is 2040. The molecule has 3 amide bonds. The number of hydrogen-bond donors (Lipinski definition) is 2. The number of rotatable bonds is 8. The van der Waals surface area contributed by atoms with Crippen molar-refractivity contribution in [3.8, 4) is 22.2 Å². The molecule has 3 aliphatic carbocycles. The molecule has 7 rings (SSSR count). The summed E-state index contributed by atoms with van der Waals surface area (Å²) in [5, 5.41) is 5.95. The molecule has 0 radical (unpaired) electrons. The topological polar surface area (TPSA) is 157 Å². The van der Waals surface area contributed by atoms with Crippen molar-refractivity contribution in [3.63, 3.8) is 0 Å². The number of aryl methyl sites for hydroxylation is 1. The van der Waals surface area contributed by atoms with Gasteiger partial charge in [0.15, 0.2) is 0 Å². The second-order valence-corrected chi connectivity index (χ2v) is 17.9. The zero-order valence-corrected chi connectivity index (χ0v) is 31.9. The van der Waals surface area contributed by atoms with E-state index in [1.807, 2.05) is 42.7 Å². The SMILES string of the molecule is COc1ccc2c(O[C@@H]3C[C@H]4C(=O)N[C@@]5(C(=O)NS(=O)(=O)C6CC6)C[C@@H]5/C=C/CCCCN(C)C(=O)[C@@H]4C3)cc(-c3nc(C(C)C)cs3)nc2c1C. The first kappa shape index (κ1) is 36.3. The third-order valence-corrected chi connectivity index (χ3v) is 13.7. The molecular weight excluding hydrogens is 703 g/mol. The number of thiazole rings is 1. The fourth-order valence-electron chi connectivity index (χ4n) is 7.55. The number of allylic oxidation sites excluding steroid dienone is 1. The van der Waals surface area contributed by atoms with Crippen LogP contribution in [0, 0.1) is 24.7 Å². The number of carbonyl (C=O) groups excluding carboxylic acids is 3. The van der Waals surface area contributed by atoms with Crippen LogP contribution in [0.3, 0.4) is 0 Å². The summed E-state index contributed by atoms with van der Waals surface area (Å²) in [7, 11) is -0.445. The van der Waals surface area contributed by atoms with Gasteiger partial charge in [-0.2, -0.15) is 0 Å². The van der Waals surface area contributed by atoms with Crippen LogP contribution in [0.4, 0.5) is 0 Å². The maximum atomic E-state index is 14.3. The molecule has 1 aliphatic heterocycles. The van der Waals surface area contributed by atoms with Crippen molar-refractivity contribution in [1.82, 2.24) is 24.9 Å². The summed E-state index contributed by atoms with van der Waals surface area (Å²) in [5.74, 6) is -1.63. The van der Waals surface area contributed by atoms with E-state index < -0.39 is 50.6 Å². The first-order chi connectivity index (χ1) is 24.8. The fraction of sp³-hybridized carbons (Fsp3) is 0.553. The summed E-state index contributed by atoms with van der Waals surface area (Å²) >= 11 is 1.51. The highest BCUT2D eigenvalue weighted by molar-refractivity contribution is 7.91. The van der Waals surface area contributed by atoms with Crippen molar-refractivity contribution in [2.75, 3.05) is 20.7 Å². The average Bonchev–Trinajstić information content (AvgIpc) is 3.98. The molecule has 3 fully saturated rings. The summed E-state index contributed by atoms with van der Waals surface area (Å²) in [6, 6.07) is 5.66. The van der Waals surface area contributed by atoms with E-state index in [0.29, 0.717) is 48.5 Å². The van der Waals surface area contributed by atoms with Crippen molar-refractivity contribution < 1.29 is 32.3 Å². The van der Waals surface area contributed by atoms with E-state index in [4.69, 9.17) is 19.4 Å². The lowest BCUT2D eigenvalue weighted by atomic mass is 9.93. The first-order valence-corrected chi connectivity index (χ1v) is 20.6. The summed E-state index contributed by atoms with van der Waals surface area (Å²) in [4.78, 5) is 53.5. The Morgan fingerprint density at radius 2 is 1.88 bits per heavy atom. The molecule has 278 valence electrons. The van der Waals surface area contributed by atoms with Crippen LogP contribution in [0.2, 0.25) is 0 Å². The van der Waals surface area contributed by atoms with Gasteiger partial charge in [-0.1, -0.05) is 26.0 Å². The van der Waals surface area contributed by atoms with Crippen LogP contribution in [0.5, 0.6) is 11.5 Å². The van der Waals surface area contributed by atoms with Gasteiger partial charge in [0.2, 0.25) is 21.8 Å². The highest BCUT2D eigenvalue weighted by atomic mass is 32.2. The maximum Gasteiger partial charge on any atom is 0.259 e. The van der Waals surface area contributed by atoms with Crippen LogP contribution in [-0.4, -0.2) is 78.6 Å². The zero-order chi connectivity index (χ0) is 36.9. The number of nitrogens with one attached hydrogen (secondary N) is 2. The second-order valence-electron chi connectivity index (χ2n) is 15.1. The highest BCUT2D eigenvalue weighted by Crippen LogP contribution is 2.47. The third-order valence-electron chi connectivity index (χ3n) is 11.0. The monoisotopic (exact) mass is 749 g/mol. The summed E-state index contributed by atoms with van der Waals surface area (Å²) in [6.07, 6.45) is 7.61. The quantitative estimate of drug-likeness (QED) is 0.294. The summed E-state index contributed by atoms with van der Waals surface area (Å²) in [5.41, 5.74) is 1.79. The average molecular weight is 750 g/mol. The minimum Gasteiger partial charge on any atom is -0.496 e. The predicted molar refractivity (Wildman–Crippen MR) is 199 cm³/mol. The number of amides is 3. The van der Waals surface area contributed by atoms with E-state index in [2.05, 4.69) is 23.9 Å². The largest absolute Gasteiger partial charge is 0.496 e. The number of hydrogen-bond acceptors (Lipinski definition) is 10. The number of fused-ring (bicyclic) bond motifs is 3. The standard InChI is InChI=1S/C38H47N5O7S2/c1-21(2)30-20-51-35(40-30)29-18-32(26-13-14-31(49-5)22(3)33(26)39-29)50-24-16-27-28(17-24)36(45)43(4)15-9-7-6-8-10-23-19-38(23,41-34(27)44)37(46)42-52(47,48)25-11-12-25/h8,10,13-14,18,20-21,23-25,27-28H,6-7,9,11-12,15-17,19H2,1-5H3,(H,41,44)(H,42,46)/b10-8+/t23-,24+,27+,28+,38-/m0/s1. The Morgan fingerprint density at radius 1 is 1.12 bits per heavy atom. The molecule has 3 saturated carbocycles. The molecule has 14 heteroatoms. The van der Waals surface area contributed by atoms with Gasteiger partial charge < -0.3 is 19.7 Å². The van der Waals surface area contributed by atoms with E-state index >= 15 is 0 Å². The normalized spacial score (nSPS) is 27.4. The molecule has 2 aromatic heterocycles. The lowest BCUT2D eigenvalue weighted by molar-refractivity contribution is -0.140. The van der Waals surface area contributed by atoms with Crippen molar-refractivity contribution in [3.05, 3.63) is 47.0 Å². The van der Waals surface area contributed by atoms with E-state index in [9.17, 15) is 22.8 Å². The van der Waals surface area contributed by atoms with E-state index in [1.54, 1.807) is 19.1 Å². The van der Waals surface area contributed by atoms with Gasteiger partial charge in [0, 0.05) is 41.9 Å². The van der Waals surface area contributed by atoms with Crippen LogP contribution >= 0.6 is 11.3 Å². The van der Waals surface area contributed by atoms with Crippen LogP contribution in [0.15, 0.2) is 35.7 Å². The molecule has 4 aliphatic rings. The van der Waals surface area contributed by atoms with Crippen molar-refractivity contribution >= 4 is 50.0 Å². The second kappa shape index (κ2) is 14.1.